The Morgan fingerprint density at radius 2 is 1.64 bits per heavy atom. The lowest BCUT2D eigenvalue weighted by Crippen LogP contribution is -2.33. The molecule has 0 aliphatic heterocycles. The fourth-order valence-corrected chi connectivity index (χ4v) is 2.10. The van der Waals surface area contributed by atoms with E-state index < -0.39 is 17.8 Å². The van der Waals surface area contributed by atoms with Crippen molar-refractivity contribution >= 4 is 23.5 Å². The van der Waals surface area contributed by atoms with Crippen molar-refractivity contribution in [3.63, 3.8) is 0 Å². The first-order chi connectivity index (χ1) is 12.0. The number of carbonyl (C=O) groups is 3. The van der Waals surface area contributed by atoms with E-state index in [9.17, 15) is 14.4 Å². The van der Waals surface area contributed by atoms with Crippen molar-refractivity contribution < 1.29 is 23.9 Å². The highest BCUT2D eigenvalue weighted by atomic mass is 16.5. The maximum Gasteiger partial charge on any atom is 0.337 e. The number of amides is 2. The number of carbonyl (C=O) groups excluding carboxylic acids is 3. The quantitative estimate of drug-likeness (QED) is 0.782. The first-order valence-electron chi connectivity index (χ1n) is 7.44. The zero-order valence-electron chi connectivity index (χ0n) is 13.9. The fraction of sp³-hybridized carbons (Fsp3) is 0.167. The van der Waals surface area contributed by atoms with Gasteiger partial charge in [-0.05, 0) is 36.4 Å². The van der Waals surface area contributed by atoms with Gasteiger partial charge < -0.3 is 20.1 Å². The van der Waals surface area contributed by atoms with E-state index in [0.717, 1.165) is 0 Å². The van der Waals surface area contributed by atoms with Gasteiger partial charge in [-0.2, -0.15) is 0 Å². The van der Waals surface area contributed by atoms with Crippen molar-refractivity contribution in [1.82, 2.24) is 5.32 Å². The SMILES string of the molecule is COC(=O)c1ccc(NC(=O)CNC(=O)c2ccccc2OC)cc1. The molecule has 2 rings (SSSR count). The highest BCUT2D eigenvalue weighted by Gasteiger charge is 2.13. The van der Waals surface area contributed by atoms with Crippen LogP contribution in [0.1, 0.15) is 20.7 Å². The Hall–Kier alpha value is -3.35. The molecule has 0 aliphatic carbocycles. The first kappa shape index (κ1) is 18.0. The topological polar surface area (TPSA) is 93.7 Å². The Morgan fingerprint density at radius 3 is 2.28 bits per heavy atom. The lowest BCUT2D eigenvalue weighted by atomic mass is 10.2. The Bertz CT molecular complexity index is 771. The predicted octanol–water partition coefficient (Wildman–Crippen LogP) is 1.85. The standard InChI is InChI=1S/C18H18N2O5/c1-24-15-6-4-3-5-14(15)17(22)19-11-16(21)20-13-9-7-12(8-10-13)18(23)25-2/h3-10H,11H2,1-2H3,(H,19,22)(H,20,21). The average molecular weight is 342 g/mol. The molecule has 2 N–H and O–H groups in total. The van der Waals surface area contributed by atoms with Crippen molar-refractivity contribution in [2.45, 2.75) is 0 Å². The molecule has 0 fully saturated rings. The van der Waals surface area contributed by atoms with Crippen LogP contribution in [0, 0.1) is 0 Å². The number of rotatable bonds is 6. The zero-order chi connectivity index (χ0) is 18.2. The summed E-state index contributed by atoms with van der Waals surface area (Å²) in [6, 6.07) is 13.0. The molecule has 7 nitrogen and oxygen atoms in total. The highest BCUT2D eigenvalue weighted by Crippen LogP contribution is 2.16. The summed E-state index contributed by atoms with van der Waals surface area (Å²) in [4.78, 5) is 35.4. The van der Waals surface area contributed by atoms with Crippen molar-refractivity contribution in [2.24, 2.45) is 0 Å². The van der Waals surface area contributed by atoms with Gasteiger partial charge in [0.1, 0.15) is 5.75 Å². The van der Waals surface area contributed by atoms with E-state index in [1.165, 1.54) is 26.4 Å². The van der Waals surface area contributed by atoms with Gasteiger partial charge in [-0.25, -0.2) is 4.79 Å². The number of methoxy groups -OCH3 is 2. The van der Waals surface area contributed by atoms with E-state index in [1.807, 2.05) is 0 Å². The lowest BCUT2D eigenvalue weighted by Gasteiger charge is -2.09. The lowest BCUT2D eigenvalue weighted by molar-refractivity contribution is -0.115. The van der Waals surface area contributed by atoms with Gasteiger partial charge >= 0.3 is 5.97 Å². The first-order valence-corrected chi connectivity index (χ1v) is 7.44. The number of hydrogen-bond donors (Lipinski definition) is 2. The molecule has 0 heterocycles. The normalized spacial score (nSPS) is 9.84. The molecular formula is C18H18N2O5. The minimum atomic E-state index is -0.457. The van der Waals surface area contributed by atoms with Crippen LogP contribution >= 0.6 is 0 Å². The van der Waals surface area contributed by atoms with E-state index in [2.05, 4.69) is 15.4 Å². The van der Waals surface area contributed by atoms with Crippen LogP contribution in [0.4, 0.5) is 5.69 Å². The molecule has 2 aromatic rings. The second-order valence-corrected chi connectivity index (χ2v) is 5.00. The van der Waals surface area contributed by atoms with Crippen molar-refractivity contribution in [3.8, 4) is 5.75 Å². The van der Waals surface area contributed by atoms with Crippen molar-refractivity contribution in [2.75, 3.05) is 26.1 Å². The molecule has 130 valence electrons. The van der Waals surface area contributed by atoms with Gasteiger partial charge in [-0.15, -0.1) is 0 Å². The molecule has 0 spiro atoms. The van der Waals surface area contributed by atoms with Crippen LogP contribution in [0.2, 0.25) is 0 Å². The smallest absolute Gasteiger partial charge is 0.337 e. The maximum atomic E-state index is 12.1. The van der Waals surface area contributed by atoms with Crippen LogP contribution in [0.25, 0.3) is 0 Å². The molecule has 0 bridgehead atoms. The van der Waals surface area contributed by atoms with Gasteiger partial charge in [-0.1, -0.05) is 12.1 Å². The number of benzene rings is 2. The second-order valence-electron chi connectivity index (χ2n) is 5.00. The third kappa shape index (κ3) is 4.81. The van der Waals surface area contributed by atoms with Crippen LogP contribution in [0.5, 0.6) is 5.75 Å². The molecule has 0 unspecified atom stereocenters. The Morgan fingerprint density at radius 1 is 0.960 bits per heavy atom. The van der Waals surface area contributed by atoms with Gasteiger partial charge in [0.2, 0.25) is 5.91 Å². The fourth-order valence-electron chi connectivity index (χ4n) is 2.10. The molecule has 0 aromatic heterocycles. The van der Waals surface area contributed by atoms with E-state index in [1.54, 1.807) is 36.4 Å². The van der Waals surface area contributed by atoms with Crippen LogP contribution in [-0.4, -0.2) is 38.5 Å². The molecule has 0 saturated carbocycles. The number of para-hydroxylation sites is 1. The zero-order valence-corrected chi connectivity index (χ0v) is 13.9. The number of ether oxygens (including phenoxy) is 2. The number of hydrogen-bond acceptors (Lipinski definition) is 5. The Kier molecular flexibility index (Phi) is 6.11. The molecule has 25 heavy (non-hydrogen) atoms. The third-order valence-electron chi connectivity index (χ3n) is 3.35. The van der Waals surface area contributed by atoms with E-state index in [-0.39, 0.29) is 6.54 Å². The summed E-state index contributed by atoms with van der Waals surface area (Å²) in [5, 5.41) is 5.15. The monoisotopic (exact) mass is 342 g/mol. The summed E-state index contributed by atoms with van der Waals surface area (Å²) in [6.45, 7) is -0.199. The van der Waals surface area contributed by atoms with Gasteiger partial charge in [0.05, 0.1) is 31.9 Å². The summed E-state index contributed by atoms with van der Waals surface area (Å²) in [5.41, 5.74) is 1.23. The second kappa shape index (κ2) is 8.49. The maximum absolute atomic E-state index is 12.1. The minimum Gasteiger partial charge on any atom is -0.496 e. The molecule has 2 amide bonds. The van der Waals surface area contributed by atoms with Crippen LogP contribution in [0.15, 0.2) is 48.5 Å². The van der Waals surface area contributed by atoms with E-state index in [0.29, 0.717) is 22.6 Å². The van der Waals surface area contributed by atoms with Gasteiger partial charge in [0.25, 0.3) is 5.91 Å². The molecule has 0 aliphatic rings. The van der Waals surface area contributed by atoms with E-state index in [4.69, 9.17) is 4.74 Å². The summed E-state index contributed by atoms with van der Waals surface area (Å²) >= 11 is 0. The molecule has 7 heteroatoms. The van der Waals surface area contributed by atoms with Gasteiger partial charge in [-0.3, -0.25) is 9.59 Å². The number of nitrogens with one attached hydrogen (secondary N) is 2. The minimum absolute atomic E-state index is 0.199. The largest absolute Gasteiger partial charge is 0.496 e. The highest BCUT2D eigenvalue weighted by molar-refractivity contribution is 6.01. The summed E-state index contributed by atoms with van der Waals surface area (Å²) in [6.07, 6.45) is 0. The third-order valence-corrected chi connectivity index (χ3v) is 3.35. The molecule has 0 atom stereocenters. The molecular weight excluding hydrogens is 324 g/mol. The van der Waals surface area contributed by atoms with Crippen LogP contribution < -0.4 is 15.4 Å². The molecule has 2 aromatic carbocycles. The molecule has 0 saturated heterocycles. The number of anilines is 1. The Labute approximate surface area is 144 Å². The van der Waals surface area contributed by atoms with Gasteiger partial charge in [0, 0.05) is 5.69 Å². The van der Waals surface area contributed by atoms with Crippen molar-refractivity contribution in [3.05, 3.63) is 59.7 Å². The average Bonchev–Trinajstić information content (AvgIpc) is 2.66. The van der Waals surface area contributed by atoms with Crippen LogP contribution in [-0.2, 0) is 9.53 Å². The molecule has 0 radical (unpaired) electrons. The summed E-state index contributed by atoms with van der Waals surface area (Å²) in [5.74, 6) is -0.830. The summed E-state index contributed by atoms with van der Waals surface area (Å²) in [7, 11) is 2.76. The van der Waals surface area contributed by atoms with E-state index >= 15 is 0 Å². The predicted molar refractivity (Wildman–Crippen MR) is 91.7 cm³/mol. The van der Waals surface area contributed by atoms with Crippen LogP contribution in [0.3, 0.4) is 0 Å². The van der Waals surface area contributed by atoms with Crippen molar-refractivity contribution in [1.29, 1.82) is 0 Å². The van der Waals surface area contributed by atoms with Gasteiger partial charge in [0.15, 0.2) is 0 Å². The summed E-state index contributed by atoms with van der Waals surface area (Å²) < 4.78 is 9.71. The number of esters is 1. The Balaban J connectivity index is 1.90.